The predicted molar refractivity (Wildman–Crippen MR) is 68.7 cm³/mol. The molecular weight excluding hydrogens is 252 g/mol. The van der Waals surface area contributed by atoms with Gasteiger partial charge in [-0.1, -0.05) is 19.3 Å². The van der Waals surface area contributed by atoms with Crippen LogP contribution in [0.1, 0.15) is 32.1 Å². The molecule has 6 heteroatoms. The normalized spacial score (nSPS) is 22.3. The van der Waals surface area contributed by atoms with Gasteiger partial charge in [-0.3, -0.25) is 4.90 Å². The topological polar surface area (TPSA) is 58.1 Å². The highest BCUT2D eigenvalue weighted by atomic mass is 35.5. The smallest absolute Gasteiger partial charge is 0.323 e. The zero-order chi connectivity index (χ0) is 12.6. The number of carbonyl (C=O) groups excluding carboxylic acids is 1. The fourth-order valence-electron chi connectivity index (χ4n) is 3.02. The Hall–Kier alpha value is -1.36. The van der Waals surface area contributed by atoms with E-state index in [1.807, 2.05) is 0 Å². The summed E-state index contributed by atoms with van der Waals surface area (Å²) in [6.45, 7) is 0.702. The molecule has 1 saturated carbocycles. The van der Waals surface area contributed by atoms with Crippen LogP contribution in [0, 0.1) is 0 Å². The fraction of sp³-hybridized carbons (Fsp3) is 0.583. The Bertz CT molecular complexity index is 473. The number of hydrogen-bond donors (Lipinski definition) is 1. The molecule has 2 heterocycles. The maximum atomic E-state index is 12.1. The number of carbonyl (C=O) groups is 1. The SMILES string of the molecule is O=C1NCC2(CCCCC2)N1c1ccnc(Cl)n1. The summed E-state index contributed by atoms with van der Waals surface area (Å²) in [5.41, 5.74) is -0.118. The van der Waals surface area contributed by atoms with Gasteiger partial charge in [0, 0.05) is 12.7 Å². The summed E-state index contributed by atoms with van der Waals surface area (Å²) in [7, 11) is 0. The highest BCUT2D eigenvalue weighted by molar-refractivity contribution is 6.28. The Kier molecular flexibility index (Phi) is 2.86. The van der Waals surface area contributed by atoms with Crippen LogP contribution in [0.15, 0.2) is 12.3 Å². The zero-order valence-corrected chi connectivity index (χ0v) is 10.8. The lowest BCUT2D eigenvalue weighted by atomic mass is 9.81. The maximum absolute atomic E-state index is 12.1. The zero-order valence-electron chi connectivity index (χ0n) is 10.0. The van der Waals surface area contributed by atoms with Gasteiger partial charge in [0.15, 0.2) is 0 Å². The summed E-state index contributed by atoms with van der Waals surface area (Å²) in [5, 5.41) is 3.11. The van der Waals surface area contributed by atoms with Crippen molar-refractivity contribution in [3.63, 3.8) is 0 Å². The molecule has 96 valence electrons. The van der Waals surface area contributed by atoms with Gasteiger partial charge in [-0.05, 0) is 30.5 Å². The van der Waals surface area contributed by atoms with Gasteiger partial charge in [0.05, 0.1) is 5.54 Å². The molecule has 0 aromatic carbocycles. The highest BCUT2D eigenvalue weighted by Gasteiger charge is 2.47. The molecule has 1 spiro atoms. The van der Waals surface area contributed by atoms with Gasteiger partial charge in [0.1, 0.15) is 5.82 Å². The first-order valence-corrected chi connectivity index (χ1v) is 6.66. The Morgan fingerprint density at radius 2 is 2.11 bits per heavy atom. The van der Waals surface area contributed by atoms with Crippen LogP contribution in [0.3, 0.4) is 0 Å². The summed E-state index contributed by atoms with van der Waals surface area (Å²) in [6.07, 6.45) is 7.19. The van der Waals surface area contributed by atoms with Crippen molar-refractivity contribution >= 4 is 23.4 Å². The van der Waals surface area contributed by atoms with E-state index in [9.17, 15) is 4.79 Å². The molecule has 1 aromatic heterocycles. The first-order valence-electron chi connectivity index (χ1n) is 6.28. The molecule has 1 aliphatic carbocycles. The van der Waals surface area contributed by atoms with Crippen LogP contribution < -0.4 is 10.2 Å². The van der Waals surface area contributed by atoms with Gasteiger partial charge in [0.2, 0.25) is 5.28 Å². The van der Waals surface area contributed by atoms with Crippen molar-refractivity contribution in [2.45, 2.75) is 37.6 Å². The molecule has 18 heavy (non-hydrogen) atoms. The first kappa shape index (κ1) is 11.7. The summed E-state index contributed by atoms with van der Waals surface area (Å²) in [6, 6.07) is 1.67. The number of aromatic nitrogens is 2. The van der Waals surface area contributed by atoms with Gasteiger partial charge in [-0.15, -0.1) is 0 Å². The lowest BCUT2D eigenvalue weighted by molar-refractivity contribution is 0.247. The van der Waals surface area contributed by atoms with E-state index in [1.54, 1.807) is 17.2 Å². The average molecular weight is 267 g/mol. The molecule has 2 aliphatic rings. The molecule has 2 amide bonds. The van der Waals surface area contributed by atoms with Crippen LogP contribution in [0.5, 0.6) is 0 Å². The van der Waals surface area contributed by atoms with Crippen LogP contribution in [0.25, 0.3) is 0 Å². The van der Waals surface area contributed by atoms with Crippen molar-refractivity contribution in [1.29, 1.82) is 0 Å². The lowest BCUT2D eigenvalue weighted by Gasteiger charge is -2.39. The van der Waals surface area contributed by atoms with E-state index in [0.29, 0.717) is 12.4 Å². The molecule has 2 fully saturated rings. The van der Waals surface area contributed by atoms with E-state index >= 15 is 0 Å². The summed E-state index contributed by atoms with van der Waals surface area (Å²) < 4.78 is 0. The lowest BCUT2D eigenvalue weighted by Crippen LogP contribution is -2.49. The minimum Gasteiger partial charge on any atom is -0.335 e. The van der Waals surface area contributed by atoms with Crippen LogP contribution in [-0.4, -0.2) is 28.1 Å². The number of nitrogens with zero attached hydrogens (tertiary/aromatic N) is 3. The van der Waals surface area contributed by atoms with E-state index in [1.165, 1.54) is 6.42 Å². The minimum atomic E-state index is -0.118. The van der Waals surface area contributed by atoms with Crippen molar-refractivity contribution in [1.82, 2.24) is 15.3 Å². The second-order valence-electron chi connectivity index (χ2n) is 4.96. The maximum Gasteiger partial charge on any atom is 0.323 e. The van der Waals surface area contributed by atoms with Gasteiger partial charge >= 0.3 is 6.03 Å². The average Bonchev–Trinajstić information content (AvgIpc) is 2.67. The third kappa shape index (κ3) is 1.82. The molecule has 0 unspecified atom stereocenters. The number of amides is 2. The molecule has 1 N–H and O–H groups in total. The van der Waals surface area contributed by atoms with Gasteiger partial charge in [-0.25, -0.2) is 14.8 Å². The molecule has 0 bridgehead atoms. The quantitative estimate of drug-likeness (QED) is 0.794. The first-order chi connectivity index (χ1) is 8.71. The van der Waals surface area contributed by atoms with E-state index in [-0.39, 0.29) is 16.9 Å². The van der Waals surface area contributed by atoms with E-state index in [2.05, 4.69) is 15.3 Å². The molecule has 1 aliphatic heterocycles. The van der Waals surface area contributed by atoms with E-state index < -0.39 is 0 Å². The van der Waals surface area contributed by atoms with Gasteiger partial charge < -0.3 is 5.32 Å². The summed E-state index contributed by atoms with van der Waals surface area (Å²) in [4.78, 5) is 21.9. The third-order valence-electron chi connectivity index (χ3n) is 3.87. The summed E-state index contributed by atoms with van der Waals surface area (Å²) in [5.74, 6) is 0.604. The Balaban J connectivity index is 1.99. The molecule has 0 atom stereocenters. The van der Waals surface area contributed by atoms with Crippen LogP contribution >= 0.6 is 11.6 Å². The van der Waals surface area contributed by atoms with Crippen LogP contribution in [0.2, 0.25) is 5.28 Å². The number of urea groups is 1. The predicted octanol–water partition coefficient (Wildman–Crippen LogP) is 2.36. The number of nitrogens with one attached hydrogen (secondary N) is 1. The van der Waals surface area contributed by atoms with Gasteiger partial charge in [-0.2, -0.15) is 0 Å². The molecule has 0 radical (unpaired) electrons. The molecule has 1 saturated heterocycles. The second-order valence-corrected chi connectivity index (χ2v) is 5.30. The van der Waals surface area contributed by atoms with E-state index in [0.717, 1.165) is 25.7 Å². The molecular formula is C12H15ClN4O. The van der Waals surface area contributed by atoms with E-state index in [4.69, 9.17) is 11.6 Å². The van der Waals surface area contributed by atoms with Crippen molar-refractivity contribution in [2.24, 2.45) is 0 Å². The fourth-order valence-corrected chi connectivity index (χ4v) is 3.16. The van der Waals surface area contributed by atoms with Crippen molar-refractivity contribution in [3.8, 4) is 0 Å². The summed E-state index contributed by atoms with van der Waals surface area (Å²) >= 11 is 5.82. The monoisotopic (exact) mass is 266 g/mol. The number of anilines is 1. The van der Waals surface area contributed by atoms with Crippen molar-refractivity contribution in [2.75, 3.05) is 11.4 Å². The Labute approximate surface area is 111 Å². The third-order valence-corrected chi connectivity index (χ3v) is 4.05. The Morgan fingerprint density at radius 3 is 2.83 bits per heavy atom. The van der Waals surface area contributed by atoms with Gasteiger partial charge in [0.25, 0.3) is 0 Å². The molecule has 5 nitrogen and oxygen atoms in total. The highest BCUT2D eigenvalue weighted by Crippen LogP contribution is 2.38. The van der Waals surface area contributed by atoms with Crippen LogP contribution in [-0.2, 0) is 0 Å². The Morgan fingerprint density at radius 1 is 1.33 bits per heavy atom. The van der Waals surface area contributed by atoms with Crippen LogP contribution in [0.4, 0.5) is 10.6 Å². The largest absolute Gasteiger partial charge is 0.335 e. The van der Waals surface area contributed by atoms with Crippen molar-refractivity contribution in [3.05, 3.63) is 17.5 Å². The second kappa shape index (κ2) is 4.39. The standard InChI is InChI=1S/C12H15ClN4O/c13-10-14-7-4-9(16-10)17-11(18)15-8-12(17)5-2-1-3-6-12/h4,7H,1-3,5-6,8H2,(H,15,18). The number of hydrogen-bond acceptors (Lipinski definition) is 3. The van der Waals surface area contributed by atoms with Crippen molar-refractivity contribution < 1.29 is 4.79 Å². The number of halogens is 1. The minimum absolute atomic E-state index is 0.0772. The molecule has 1 aromatic rings. The number of rotatable bonds is 1. The molecule has 3 rings (SSSR count).